The summed E-state index contributed by atoms with van der Waals surface area (Å²) in [4.78, 5) is 4.64. The van der Waals surface area contributed by atoms with Crippen LogP contribution >= 0.6 is 0 Å². The monoisotopic (exact) mass is 386 g/mol. The summed E-state index contributed by atoms with van der Waals surface area (Å²) in [5.74, 6) is 1.37. The molecule has 8 nitrogen and oxygen atoms in total. The molecule has 0 aromatic carbocycles. The smallest absolute Gasteiger partial charge is 0.174 e. The van der Waals surface area contributed by atoms with Crippen molar-refractivity contribution in [3.8, 4) is 0 Å². The molecule has 4 atom stereocenters. The SMILES string of the molecule is CC(C)(C)n1nnnc1C(N[C@@H]1C[C@@H]2CC[C@@]1(CO)C2)c1cccc(CO)n1. The van der Waals surface area contributed by atoms with Crippen molar-refractivity contribution in [3.63, 3.8) is 0 Å². The maximum absolute atomic E-state index is 10.2. The highest BCUT2D eigenvalue weighted by atomic mass is 16.3. The number of nitrogens with one attached hydrogen (secondary N) is 1. The summed E-state index contributed by atoms with van der Waals surface area (Å²) in [5.41, 5.74) is 1.04. The standard InChI is InChI=1S/C20H30N6O2/c1-19(2,3)26-18(23-24-25-26)17(15-6-4-5-14(11-27)21-15)22-16-9-13-7-8-20(16,10-13)12-28/h4-6,13,16-17,22,27-28H,7-12H2,1-3H3/t13-,16+,17?,20-/m0/s1. The summed E-state index contributed by atoms with van der Waals surface area (Å²) in [6.07, 6.45) is 4.37. The third-order valence-electron chi connectivity index (χ3n) is 6.41. The average molecular weight is 387 g/mol. The minimum Gasteiger partial charge on any atom is -0.396 e. The van der Waals surface area contributed by atoms with Gasteiger partial charge in [-0.05, 0) is 74.9 Å². The van der Waals surface area contributed by atoms with E-state index in [0.717, 1.165) is 25.0 Å². The van der Waals surface area contributed by atoms with Crippen LogP contribution in [0.1, 0.15) is 69.7 Å². The molecule has 2 bridgehead atoms. The van der Waals surface area contributed by atoms with E-state index >= 15 is 0 Å². The Bertz CT molecular complexity index is 832. The molecule has 2 saturated carbocycles. The molecular formula is C20H30N6O2. The van der Waals surface area contributed by atoms with Gasteiger partial charge in [0.1, 0.15) is 6.04 Å². The second kappa shape index (κ2) is 7.17. The molecule has 2 heterocycles. The van der Waals surface area contributed by atoms with Crippen LogP contribution in [0.15, 0.2) is 18.2 Å². The minimum absolute atomic E-state index is 0.0719. The first-order valence-electron chi connectivity index (χ1n) is 10.1. The Morgan fingerprint density at radius 3 is 2.82 bits per heavy atom. The molecular weight excluding hydrogens is 356 g/mol. The summed E-state index contributed by atoms with van der Waals surface area (Å²) < 4.78 is 1.83. The number of aromatic nitrogens is 5. The molecule has 2 aromatic rings. The largest absolute Gasteiger partial charge is 0.396 e. The zero-order valence-electron chi connectivity index (χ0n) is 16.8. The third kappa shape index (κ3) is 3.33. The van der Waals surface area contributed by atoms with Gasteiger partial charge in [-0.15, -0.1) is 5.10 Å². The van der Waals surface area contributed by atoms with Gasteiger partial charge in [-0.1, -0.05) is 6.07 Å². The van der Waals surface area contributed by atoms with Gasteiger partial charge < -0.3 is 10.2 Å². The quantitative estimate of drug-likeness (QED) is 0.691. The maximum Gasteiger partial charge on any atom is 0.174 e. The van der Waals surface area contributed by atoms with E-state index in [1.807, 2.05) is 16.8 Å². The lowest BCUT2D eigenvalue weighted by atomic mass is 9.80. The fourth-order valence-electron chi connectivity index (χ4n) is 4.96. The predicted molar refractivity (Wildman–Crippen MR) is 103 cm³/mol. The number of pyridine rings is 1. The van der Waals surface area contributed by atoms with E-state index < -0.39 is 0 Å². The Labute approximate surface area is 165 Å². The van der Waals surface area contributed by atoms with Gasteiger partial charge in [-0.25, -0.2) is 4.68 Å². The highest BCUT2D eigenvalue weighted by molar-refractivity contribution is 5.21. The van der Waals surface area contributed by atoms with E-state index in [9.17, 15) is 10.2 Å². The molecule has 1 unspecified atom stereocenters. The van der Waals surface area contributed by atoms with Crippen LogP contribution in [0.5, 0.6) is 0 Å². The van der Waals surface area contributed by atoms with Crippen LogP contribution in [-0.4, -0.2) is 48.1 Å². The van der Waals surface area contributed by atoms with Gasteiger partial charge >= 0.3 is 0 Å². The van der Waals surface area contributed by atoms with Crippen LogP contribution in [0.4, 0.5) is 0 Å². The molecule has 4 rings (SSSR count). The number of fused-ring (bicyclic) bond motifs is 2. The number of nitrogens with zero attached hydrogens (tertiary/aromatic N) is 5. The van der Waals surface area contributed by atoms with Gasteiger partial charge in [-0.3, -0.25) is 10.3 Å². The molecule has 0 aliphatic heterocycles. The fourth-order valence-corrected chi connectivity index (χ4v) is 4.96. The molecule has 3 N–H and O–H groups in total. The Hall–Kier alpha value is -1.90. The highest BCUT2D eigenvalue weighted by Crippen LogP contribution is 2.54. The van der Waals surface area contributed by atoms with E-state index in [1.54, 1.807) is 6.07 Å². The molecule has 0 amide bonds. The summed E-state index contributed by atoms with van der Waals surface area (Å²) in [6.45, 7) is 6.27. The number of tetrazole rings is 1. The van der Waals surface area contributed by atoms with Crippen LogP contribution < -0.4 is 5.32 Å². The number of rotatable bonds is 6. The molecule has 2 aromatic heterocycles. The Balaban J connectivity index is 1.73. The number of hydrogen-bond acceptors (Lipinski definition) is 7. The minimum atomic E-state index is -0.312. The van der Waals surface area contributed by atoms with Crippen LogP contribution in [0.25, 0.3) is 0 Å². The average Bonchev–Trinajstić information content (AvgIpc) is 3.40. The number of hydrogen-bond donors (Lipinski definition) is 3. The van der Waals surface area contributed by atoms with Gasteiger partial charge in [0.05, 0.1) is 30.1 Å². The topological polar surface area (TPSA) is 109 Å². The Morgan fingerprint density at radius 2 is 2.14 bits per heavy atom. The van der Waals surface area contributed by atoms with E-state index in [2.05, 4.69) is 46.6 Å². The molecule has 2 fully saturated rings. The Kier molecular flexibility index (Phi) is 4.97. The third-order valence-corrected chi connectivity index (χ3v) is 6.41. The predicted octanol–water partition coefficient (Wildman–Crippen LogP) is 1.55. The maximum atomic E-state index is 10.2. The van der Waals surface area contributed by atoms with E-state index in [0.29, 0.717) is 17.4 Å². The van der Waals surface area contributed by atoms with Crippen molar-refractivity contribution in [3.05, 3.63) is 35.4 Å². The molecule has 0 saturated heterocycles. The first-order chi connectivity index (χ1) is 13.4. The van der Waals surface area contributed by atoms with Gasteiger partial charge in [0.25, 0.3) is 0 Å². The molecule has 2 aliphatic carbocycles. The molecule has 0 radical (unpaired) electrons. The van der Waals surface area contributed by atoms with Crippen molar-refractivity contribution in [2.45, 2.75) is 70.7 Å². The summed E-state index contributed by atoms with van der Waals surface area (Å²) in [5, 5.41) is 36.0. The van der Waals surface area contributed by atoms with Gasteiger partial charge in [-0.2, -0.15) is 0 Å². The van der Waals surface area contributed by atoms with Crippen molar-refractivity contribution in [2.75, 3.05) is 6.61 Å². The van der Waals surface area contributed by atoms with E-state index in [4.69, 9.17) is 0 Å². The van der Waals surface area contributed by atoms with Gasteiger partial charge in [0.2, 0.25) is 0 Å². The first-order valence-corrected chi connectivity index (χ1v) is 10.1. The lowest BCUT2D eigenvalue weighted by Gasteiger charge is -2.37. The highest BCUT2D eigenvalue weighted by Gasteiger charge is 2.52. The van der Waals surface area contributed by atoms with Crippen molar-refractivity contribution >= 4 is 0 Å². The second-order valence-electron chi connectivity index (χ2n) is 9.35. The van der Waals surface area contributed by atoms with Gasteiger partial charge in [0.15, 0.2) is 5.82 Å². The normalized spacial score (nSPS) is 28.0. The summed E-state index contributed by atoms with van der Waals surface area (Å²) >= 11 is 0. The summed E-state index contributed by atoms with van der Waals surface area (Å²) in [7, 11) is 0. The van der Waals surface area contributed by atoms with E-state index in [-0.39, 0.29) is 36.3 Å². The zero-order chi connectivity index (χ0) is 19.9. The lowest BCUT2D eigenvalue weighted by molar-refractivity contribution is 0.0948. The van der Waals surface area contributed by atoms with E-state index in [1.165, 1.54) is 6.42 Å². The second-order valence-corrected chi connectivity index (χ2v) is 9.35. The molecule has 2 aliphatic rings. The van der Waals surface area contributed by atoms with Crippen molar-refractivity contribution < 1.29 is 10.2 Å². The van der Waals surface area contributed by atoms with Crippen molar-refractivity contribution in [2.24, 2.45) is 11.3 Å². The van der Waals surface area contributed by atoms with Gasteiger partial charge in [0, 0.05) is 11.5 Å². The van der Waals surface area contributed by atoms with Crippen molar-refractivity contribution in [1.29, 1.82) is 0 Å². The number of aliphatic hydroxyl groups excluding tert-OH is 2. The molecule has 152 valence electrons. The van der Waals surface area contributed by atoms with Crippen LogP contribution in [0.3, 0.4) is 0 Å². The van der Waals surface area contributed by atoms with Crippen molar-refractivity contribution in [1.82, 2.24) is 30.5 Å². The molecule has 28 heavy (non-hydrogen) atoms. The lowest BCUT2D eigenvalue weighted by Crippen LogP contribution is -2.47. The fraction of sp³-hybridized carbons (Fsp3) is 0.700. The Morgan fingerprint density at radius 1 is 1.32 bits per heavy atom. The molecule has 0 spiro atoms. The number of aliphatic hydroxyl groups is 2. The van der Waals surface area contributed by atoms with Crippen LogP contribution in [-0.2, 0) is 12.1 Å². The summed E-state index contributed by atoms with van der Waals surface area (Å²) in [6, 6.07) is 5.52. The van der Waals surface area contributed by atoms with Crippen LogP contribution in [0.2, 0.25) is 0 Å². The van der Waals surface area contributed by atoms with Crippen LogP contribution in [0, 0.1) is 11.3 Å². The molecule has 8 heteroatoms. The first kappa shape index (κ1) is 19.4. The zero-order valence-corrected chi connectivity index (χ0v) is 16.8.